The Bertz CT molecular complexity index is 182. The highest BCUT2D eigenvalue weighted by Gasteiger charge is 2.50. The summed E-state index contributed by atoms with van der Waals surface area (Å²) in [5.74, 6) is 0. The first kappa shape index (κ1) is 9.51. The molecule has 0 radical (unpaired) electrons. The quantitative estimate of drug-likeness (QED) is 0.636. The molecule has 2 heterocycles. The fraction of sp³-hybridized carbons (Fsp3) is 1.00. The van der Waals surface area contributed by atoms with E-state index in [0.29, 0.717) is 16.9 Å². The van der Waals surface area contributed by atoms with Crippen molar-refractivity contribution in [2.24, 2.45) is 10.8 Å². The fourth-order valence-corrected chi connectivity index (χ4v) is 3.52. The second kappa shape index (κ2) is 2.98. The zero-order valence-electron chi connectivity index (χ0n) is 9.23. The van der Waals surface area contributed by atoms with Crippen molar-refractivity contribution < 1.29 is 4.74 Å². The van der Waals surface area contributed by atoms with Gasteiger partial charge in [0.1, 0.15) is 0 Å². The van der Waals surface area contributed by atoms with Crippen LogP contribution in [0, 0.1) is 10.8 Å². The molecule has 2 bridgehead atoms. The van der Waals surface area contributed by atoms with Crippen molar-refractivity contribution in [3.8, 4) is 0 Å². The average molecular weight is 182 g/mol. The van der Waals surface area contributed by atoms with E-state index in [-0.39, 0.29) is 0 Å². The van der Waals surface area contributed by atoms with Crippen molar-refractivity contribution in [3.05, 3.63) is 0 Å². The van der Waals surface area contributed by atoms with Gasteiger partial charge in [0.05, 0.1) is 12.7 Å². The van der Waals surface area contributed by atoms with Crippen LogP contribution in [0.5, 0.6) is 0 Å². The predicted molar refractivity (Wildman–Crippen MR) is 54.7 cm³/mol. The molecule has 1 nitrogen and oxygen atoms in total. The van der Waals surface area contributed by atoms with Crippen LogP contribution in [-0.2, 0) is 4.74 Å². The molecule has 3 aliphatic rings. The number of hydrogen-bond donors (Lipinski definition) is 0. The maximum atomic E-state index is 5.95. The van der Waals surface area contributed by atoms with Crippen LogP contribution in [0.25, 0.3) is 0 Å². The molecule has 3 fully saturated rings. The molecule has 2 saturated heterocycles. The lowest BCUT2D eigenvalue weighted by atomic mass is 9.59. The first-order valence-corrected chi connectivity index (χ1v) is 5.70. The summed E-state index contributed by atoms with van der Waals surface area (Å²) >= 11 is 0. The van der Waals surface area contributed by atoms with Crippen molar-refractivity contribution >= 4 is 0 Å². The van der Waals surface area contributed by atoms with Gasteiger partial charge in [0.15, 0.2) is 0 Å². The Morgan fingerprint density at radius 2 is 2.15 bits per heavy atom. The molecule has 2 aliphatic heterocycles. The van der Waals surface area contributed by atoms with Crippen LogP contribution >= 0.6 is 0 Å². The lowest BCUT2D eigenvalue weighted by Gasteiger charge is -2.55. The van der Waals surface area contributed by atoms with Crippen molar-refractivity contribution in [3.63, 3.8) is 0 Å². The fourth-order valence-electron chi connectivity index (χ4n) is 3.52. The van der Waals surface area contributed by atoms with Crippen molar-refractivity contribution in [2.75, 3.05) is 6.61 Å². The minimum absolute atomic E-state index is 0.436. The molecule has 1 heteroatoms. The van der Waals surface area contributed by atoms with E-state index in [4.69, 9.17) is 4.74 Å². The van der Waals surface area contributed by atoms with E-state index in [9.17, 15) is 0 Å². The standard InChI is InChI=1S/C12H22O/c1-4-6-12-7-5-10(13-9-12)11(2,3)8-12/h10H,4-9H2,1-3H3. The maximum absolute atomic E-state index is 5.95. The number of ether oxygens (including phenoxy) is 1. The van der Waals surface area contributed by atoms with E-state index in [2.05, 4.69) is 20.8 Å². The summed E-state index contributed by atoms with van der Waals surface area (Å²) in [7, 11) is 0. The van der Waals surface area contributed by atoms with Crippen LogP contribution in [0.4, 0.5) is 0 Å². The SMILES string of the molecule is CCCC12CCC(OC1)C(C)(C)C2. The van der Waals surface area contributed by atoms with E-state index >= 15 is 0 Å². The second-order valence-corrected chi connectivity index (χ2v) is 5.75. The summed E-state index contributed by atoms with van der Waals surface area (Å²) < 4.78 is 5.95. The zero-order chi connectivity index (χ0) is 9.53. The normalized spacial score (nSPS) is 42.2. The Balaban J connectivity index is 2.14. The van der Waals surface area contributed by atoms with E-state index in [1.165, 1.54) is 32.1 Å². The molecule has 0 aromatic carbocycles. The van der Waals surface area contributed by atoms with Crippen molar-refractivity contribution in [1.29, 1.82) is 0 Å². The molecule has 3 rings (SSSR count). The van der Waals surface area contributed by atoms with Crippen LogP contribution in [0.3, 0.4) is 0 Å². The molecule has 0 amide bonds. The van der Waals surface area contributed by atoms with Crippen molar-refractivity contribution in [1.82, 2.24) is 0 Å². The third-order valence-electron chi connectivity index (χ3n) is 4.01. The molecule has 2 unspecified atom stereocenters. The zero-order valence-corrected chi connectivity index (χ0v) is 9.23. The summed E-state index contributed by atoms with van der Waals surface area (Å²) in [4.78, 5) is 0. The van der Waals surface area contributed by atoms with Crippen LogP contribution in [0.15, 0.2) is 0 Å². The Hall–Kier alpha value is -0.0400. The monoisotopic (exact) mass is 182 g/mol. The number of hydrogen-bond acceptors (Lipinski definition) is 1. The third-order valence-corrected chi connectivity index (χ3v) is 4.01. The van der Waals surface area contributed by atoms with Gasteiger partial charge in [-0.15, -0.1) is 0 Å². The van der Waals surface area contributed by atoms with Gasteiger partial charge in [-0.25, -0.2) is 0 Å². The molecule has 2 atom stereocenters. The molecular weight excluding hydrogens is 160 g/mol. The summed E-state index contributed by atoms with van der Waals surface area (Å²) in [6.07, 6.45) is 7.32. The van der Waals surface area contributed by atoms with Gasteiger partial charge >= 0.3 is 0 Å². The predicted octanol–water partition coefficient (Wildman–Crippen LogP) is 3.38. The van der Waals surface area contributed by atoms with Crippen LogP contribution in [-0.4, -0.2) is 12.7 Å². The largest absolute Gasteiger partial charge is 0.377 e. The van der Waals surface area contributed by atoms with E-state index in [1.54, 1.807) is 0 Å². The van der Waals surface area contributed by atoms with Gasteiger partial charge in [-0.2, -0.15) is 0 Å². The molecule has 76 valence electrons. The second-order valence-electron chi connectivity index (χ2n) is 5.75. The molecule has 1 aliphatic carbocycles. The summed E-state index contributed by atoms with van der Waals surface area (Å²) in [6.45, 7) is 8.08. The van der Waals surface area contributed by atoms with Gasteiger partial charge in [0.2, 0.25) is 0 Å². The van der Waals surface area contributed by atoms with Crippen LogP contribution < -0.4 is 0 Å². The number of rotatable bonds is 2. The molecule has 0 N–H and O–H groups in total. The summed E-state index contributed by atoms with van der Waals surface area (Å²) in [5.41, 5.74) is 0.985. The molecule has 0 aromatic rings. The van der Waals surface area contributed by atoms with Gasteiger partial charge in [0.25, 0.3) is 0 Å². The van der Waals surface area contributed by atoms with Gasteiger partial charge < -0.3 is 4.74 Å². The lowest BCUT2D eigenvalue weighted by Crippen LogP contribution is -2.52. The van der Waals surface area contributed by atoms with Crippen molar-refractivity contribution in [2.45, 2.75) is 59.0 Å². The topological polar surface area (TPSA) is 9.23 Å². The Labute approximate surface area is 81.9 Å². The Morgan fingerprint density at radius 3 is 2.62 bits per heavy atom. The van der Waals surface area contributed by atoms with Gasteiger partial charge in [-0.1, -0.05) is 27.2 Å². The first-order chi connectivity index (χ1) is 6.08. The molecular formula is C12H22O. The minimum atomic E-state index is 0.436. The molecule has 0 spiro atoms. The molecule has 13 heavy (non-hydrogen) atoms. The van der Waals surface area contributed by atoms with E-state index in [1.807, 2.05) is 0 Å². The number of fused-ring (bicyclic) bond motifs is 3. The lowest BCUT2D eigenvalue weighted by molar-refractivity contribution is -0.183. The first-order valence-electron chi connectivity index (χ1n) is 5.70. The van der Waals surface area contributed by atoms with Gasteiger partial charge in [0, 0.05) is 0 Å². The van der Waals surface area contributed by atoms with Gasteiger partial charge in [-0.3, -0.25) is 0 Å². The molecule has 1 saturated carbocycles. The van der Waals surface area contributed by atoms with E-state index < -0.39 is 0 Å². The highest BCUT2D eigenvalue weighted by molar-refractivity contribution is 4.99. The van der Waals surface area contributed by atoms with E-state index in [0.717, 1.165) is 6.61 Å². The smallest absolute Gasteiger partial charge is 0.0626 e. The maximum Gasteiger partial charge on any atom is 0.0626 e. The van der Waals surface area contributed by atoms with Crippen LogP contribution in [0.1, 0.15) is 52.9 Å². The highest BCUT2D eigenvalue weighted by atomic mass is 16.5. The highest BCUT2D eigenvalue weighted by Crippen LogP contribution is 2.54. The third kappa shape index (κ3) is 1.52. The summed E-state index contributed by atoms with van der Waals surface area (Å²) in [5, 5.41) is 0. The van der Waals surface area contributed by atoms with Gasteiger partial charge in [-0.05, 0) is 36.5 Å². The average Bonchev–Trinajstić information content (AvgIpc) is 2.03. The molecule has 0 aromatic heterocycles. The Morgan fingerprint density at radius 1 is 1.38 bits per heavy atom. The Kier molecular flexibility index (Phi) is 2.18. The van der Waals surface area contributed by atoms with Crippen LogP contribution in [0.2, 0.25) is 0 Å². The minimum Gasteiger partial charge on any atom is -0.377 e. The summed E-state index contributed by atoms with van der Waals surface area (Å²) in [6, 6.07) is 0.